The Morgan fingerprint density at radius 1 is 1.29 bits per heavy atom. The van der Waals surface area contributed by atoms with E-state index in [1.54, 1.807) is 0 Å². The number of rotatable bonds is 2. The number of halogens is 1. The summed E-state index contributed by atoms with van der Waals surface area (Å²) in [4.78, 5) is 2.56. The number of piperidine rings is 1. The van der Waals surface area contributed by atoms with Crippen LogP contribution in [-0.2, 0) is 13.6 Å². The van der Waals surface area contributed by atoms with E-state index < -0.39 is 0 Å². The summed E-state index contributed by atoms with van der Waals surface area (Å²) < 4.78 is 3.18. The Bertz CT molecular complexity index is 390. The standard InChI is InChI=1S/C13H22BrN3/c1-9-5-10(2)7-17(6-9)8-12-13(14)11(3)15-16(12)4/h9-10H,5-8H2,1-4H3. The highest BCUT2D eigenvalue weighted by atomic mass is 79.9. The lowest BCUT2D eigenvalue weighted by Crippen LogP contribution is -2.38. The molecule has 4 heteroatoms. The van der Waals surface area contributed by atoms with Crippen molar-refractivity contribution in [3.05, 3.63) is 15.9 Å². The van der Waals surface area contributed by atoms with Crippen molar-refractivity contribution in [2.24, 2.45) is 18.9 Å². The van der Waals surface area contributed by atoms with E-state index in [2.05, 4.69) is 46.7 Å². The van der Waals surface area contributed by atoms with E-state index in [9.17, 15) is 0 Å². The molecular weight excluding hydrogens is 278 g/mol. The van der Waals surface area contributed by atoms with E-state index in [1.807, 2.05) is 11.7 Å². The van der Waals surface area contributed by atoms with E-state index in [4.69, 9.17) is 0 Å². The molecule has 1 saturated heterocycles. The van der Waals surface area contributed by atoms with Gasteiger partial charge in [-0.2, -0.15) is 5.10 Å². The number of hydrogen-bond acceptors (Lipinski definition) is 2. The number of likely N-dealkylation sites (tertiary alicyclic amines) is 1. The third-order valence-corrected chi connectivity index (χ3v) is 4.61. The molecule has 17 heavy (non-hydrogen) atoms. The van der Waals surface area contributed by atoms with Crippen LogP contribution < -0.4 is 0 Å². The minimum absolute atomic E-state index is 0.812. The van der Waals surface area contributed by atoms with Crippen LogP contribution in [0.15, 0.2) is 4.47 Å². The summed E-state index contributed by atoms with van der Waals surface area (Å²) in [6.45, 7) is 10.2. The Morgan fingerprint density at radius 3 is 2.35 bits per heavy atom. The van der Waals surface area contributed by atoms with Crippen LogP contribution in [-0.4, -0.2) is 27.8 Å². The summed E-state index contributed by atoms with van der Waals surface area (Å²) in [7, 11) is 2.03. The maximum atomic E-state index is 4.46. The van der Waals surface area contributed by atoms with Gasteiger partial charge in [0.05, 0.1) is 15.9 Å². The van der Waals surface area contributed by atoms with Gasteiger partial charge in [0.25, 0.3) is 0 Å². The summed E-state index contributed by atoms with van der Waals surface area (Å²) in [5.74, 6) is 1.62. The molecule has 1 fully saturated rings. The van der Waals surface area contributed by atoms with Crippen LogP contribution >= 0.6 is 15.9 Å². The molecule has 2 rings (SSSR count). The van der Waals surface area contributed by atoms with Crippen LogP contribution in [0.25, 0.3) is 0 Å². The van der Waals surface area contributed by atoms with Gasteiger partial charge < -0.3 is 0 Å². The Kier molecular flexibility index (Phi) is 3.93. The lowest BCUT2D eigenvalue weighted by atomic mass is 9.92. The van der Waals surface area contributed by atoms with Crippen molar-refractivity contribution in [1.29, 1.82) is 0 Å². The van der Waals surface area contributed by atoms with Gasteiger partial charge in [-0.1, -0.05) is 13.8 Å². The first-order valence-corrected chi connectivity index (χ1v) is 7.17. The Morgan fingerprint density at radius 2 is 1.88 bits per heavy atom. The number of aromatic nitrogens is 2. The molecule has 0 spiro atoms. The molecule has 0 aromatic carbocycles. The van der Waals surface area contributed by atoms with Crippen molar-refractivity contribution >= 4 is 15.9 Å². The second-order valence-electron chi connectivity index (χ2n) is 5.61. The number of aryl methyl sites for hydroxylation is 2. The van der Waals surface area contributed by atoms with Gasteiger partial charge in [-0.25, -0.2) is 0 Å². The molecule has 3 nitrogen and oxygen atoms in total. The van der Waals surface area contributed by atoms with Gasteiger partial charge in [-0.05, 0) is 41.1 Å². The van der Waals surface area contributed by atoms with Crippen molar-refractivity contribution in [1.82, 2.24) is 14.7 Å². The molecule has 0 N–H and O–H groups in total. The Labute approximate surface area is 112 Å². The predicted octanol–water partition coefficient (Wildman–Crippen LogP) is 2.97. The van der Waals surface area contributed by atoms with E-state index in [0.29, 0.717) is 0 Å². The summed E-state index contributed by atoms with van der Waals surface area (Å²) in [5.41, 5.74) is 2.38. The minimum atomic E-state index is 0.812. The van der Waals surface area contributed by atoms with Gasteiger partial charge in [-0.3, -0.25) is 9.58 Å². The van der Waals surface area contributed by atoms with Crippen molar-refractivity contribution in [2.75, 3.05) is 13.1 Å². The highest BCUT2D eigenvalue weighted by molar-refractivity contribution is 9.10. The van der Waals surface area contributed by atoms with Crippen LogP contribution in [0.1, 0.15) is 31.7 Å². The first-order chi connectivity index (χ1) is 7.97. The Hall–Kier alpha value is -0.350. The van der Waals surface area contributed by atoms with Crippen molar-refractivity contribution in [3.8, 4) is 0 Å². The molecule has 1 aliphatic rings. The number of hydrogen-bond donors (Lipinski definition) is 0. The van der Waals surface area contributed by atoms with E-state index in [0.717, 1.165) is 24.1 Å². The van der Waals surface area contributed by atoms with Crippen LogP contribution in [0, 0.1) is 18.8 Å². The van der Waals surface area contributed by atoms with Crippen molar-refractivity contribution in [3.63, 3.8) is 0 Å². The zero-order valence-electron chi connectivity index (χ0n) is 11.2. The molecule has 2 heterocycles. The average Bonchev–Trinajstić information content (AvgIpc) is 2.44. The molecule has 2 unspecified atom stereocenters. The fraction of sp³-hybridized carbons (Fsp3) is 0.769. The van der Waals surface area contributed by atoms with Crippen LogP contribution in [0.4, 0.5) is 0 Å². The van der Waals surface area contributed by atoms with Gasteiger partial charge in [-0.15, -0.1) is 0 Å². The highest BCUT2D eigenvalue weighted by Gasteiger charge is 2.23. The summed E-state index contributed by atoms with van der Waals surface area (Å²) in [6.07, 6.45) is 1.36. The normalized spacial score (nSPS) is 26.4. The predicted molar refractivity (Wildman–Crippen MR) is 73.9 cm³/mol. The molecule has 2 atom stereocenters. The average molecular weight is 300 g/mol. The monoisotopic (exact) mass is 299 g/mol. The lowest BCUT2D eigenvalue weighted by molar-refractivity contribution is 0.131. The molecule has 0 saturated carbocycles. The summed E-state index contributed by atoms with van der Waals surface area (Å²) in [5, 5.41) is 4.46. The van der Waals surface area contributed by atoms with Crippen molar-refractivity contribution < 1.29 is 0 Å². The zero-order valence-corrected chi connectivity index (χ0v) is 12.8. The van der Waals surface area contributed by atoms with Gasteiger partial charge in [0, 0.05) is 26.7 Å². The fourth-order valence-electron chi connectivity index (χ4n) is 2.98. The third kappa shape index (κ3) is 2.91. The third-order valence-electron chi connectivity index (χ3n) is 3.58. The molecule has 1 aromatic heterocycles. The topological polar surface area (TPSA) is 21.1 Å². The SMILES string of the molecule is Cc1nn(C)c(CN2CC(C)CC(C)C2)c1Br. The minimum Gasteiger partial charge on any atom is -0.297 e. The van der Waals surface area contributed by atoms with Gasteiger partial charge >= 0.3 is 0 Å². The first-order valence-electron chi connectivity index (χ1n) is 6.37. The smallest absolute Gasteiger partial charge is 0.0739 e. The largest absolute Gasteiger partial charge is 0.297 e. The van der Waals surface area contributed by atoms with Gasteiger partial charge in [0.2, 0.25) is 0 Å². The van der Waals surface area contributed by atoms with Gasteiger partial charge in [0.1, 0.15) is 0 Å². The maximum absolute atomic E-state index is 4.46. The molecule has 1 aromatic rings. The molecule has 1 aliphatic heterocycles. The molecule has 96 valence electrons. The quantitative estimate of drug-likeness (QED) is 0.837. The molecule has 0 amide bonds. The first kappa shape index (κ1) is 13.1. The van der Waals surface area contributed by atoms with Gasteiger partial charge in [0.15, 0.2) is 0 Å². The lowest BCUT2D eigenvalue weighted by Gasteiger charge is -2.34. The second-order valence-corrected chi connectivity index (χ2v) is 6.40. The molecule has 0 aliphatic carbocycles. The van der Waals surface area contributed by atoms with E-state index in [-0.39, 0.29) is 0 Å². The highest BCUT2D eigenvalue weighted by Crippen LogP contribution is 2.26. The molecule has 0 radical (unpaired) electrons. The summed E-state index contributed by atoms with van der Waals surface area (Å²) >= 11 is 3.65. The Balaban J connectivity index is 2.10. The van der Waals surface area contributed by atoms with Crippen LogP contribution in [0.3, 0.4) is 0 Å². The molecule has 0 bridgehead atoms. The maximum Gasteiger partial charge on any atom is 0.0739 e. The van der Waals surface area contributed by atoms with E-state index in [1.165, 1.54) is 29.7 Å². The fourth-order valence-corrected chi connectivity index (χ4v) is 3.45. The van der Waals surface area contributed by atoms with Crippen LogP contribution in [0.5, 0.6) is 0 Å². The van der Waals surface area contributed by atoms with Crippen molar-refractivity contribution in [2.45, 2.75) is 33.7 Å². The number of nitrogens with zero attached hydrogens (tertiary/aromatic N) is 3. The zero-order chi connectivity index (χ0) is 12.6. The van der Waals surface area contributed by atoms with Crippen LogP contribution in [0.2, 0.25) is 0 Å². The summed E-state index contributed by atoms with van der Waals surface area (Å²) in [6, 6.07) is 0. The second kappa shape index (κ2) is 5.11. The molecular formula is C13H22BrN3. The van der Waals surface area contributed by atoms with E-state index >= 15 is 0 Å².